The van der Waals surface area contributed by atoms with Crippen LogP contribution in [0.4, 0.5) is 17.6 Å². The first-order valence-electron chi connectivity index (χ1n) is 7.45. The van der Waals surface area contributed by atoms with Crippen LogP contribution in [0, 0.1) is 5.82 Å². The lowest BCUT2D eigenvalue weighted by Crippen LogP contribution is -2.19. The van der Waals surface area contributed by atoms with Crippen LogP contribution in [0.15, 0.2) is 42.5 Å². The molecule has 0 nitrogen and oxygen atoms in total. The van der Waals surface area contributed by atoms with E-state index >= 15 is 0 Å². The van der Waals surface area contributed by atoms with E-state index in [0.717, 1.165) is 17.2 Å². The van der Waals surface area contributed by atoms with Crippen molar-refractivity contribution < 1.29 is 17.6 Å². The minimum absolute atomic E-state index is 0.359. The summed E-state index contributed by atoms with van der Waals surface area (Å²) in [5.41, 5.74) is 1.59. The molecule has 3 rings (SSSR count). The summed E-state index contributed by atoms with van der Waals surface area (Å²) in [6, 6.07) is 8.19. The molecule has 2 aromatic carbocycles. The van der Waals surface area contributed by atoms with E-state index < -0.39 is 17.2 Å². The van der Waals surface area contributed by atoms with Gasteiger partial charge in [-0.3, -0.25) is 0 Å². The quantitative estimate of drug-likeness (QED) is 0.548. The van der Waals surface area contributed by atoms with E-state index in [9.17, 15) is 17.6 Å². The van der Waals surface area contributed by atoms with Crippen LogP contribution in [0.1, 0.15) is 37.0 Å². The number of fused-ring (bicyclic) bond motifs is 3. The van der Waals surface area contributed by atoms with Gasteiger partial charge in [0, 0.05) is 5.41 Å². The minimum Gasteiger partial charge on any atom is -0.207 e. The first-order chi connectivity index (χ1) is 10.7. The van der Waals surface area contributed by atoms with Gasteiger partial charge in [-0.15, -0.1) is 0 Å². The molecule has 0 saturated carbocycles. The lowest BCUT2D eigenvalue weighted by atomic mass is 9.77. The van der Waals surface area contributed by atoms with Crippen LogP contribution in [0.25, 0.3) is 17.2 Å². The molecule has 0 saturated heterocycles. The molecule has 0 spiro atoms. The molecule has 1 aliphatic rings. The predicted octanol–water partition coefficient (Wildman–Crippen LogP) is 6.21. The maximum Gasteiger partial charge on any atom is 0.416 e. The van der Waals surface area contributed by atoms with Crippen LogP contribution in [0.3, 0.4) is 0 Å². The van der Waals surface area contributed by atoms with Crippen LogP contribution in [-0.2, 0) is 11.6 Å². The van der Waals surface area contributed by atoms with Gasteiger partial charge in [0.25, 0.3) is 0 Å². The molecule has 120 valence electrons. The van der Waals surface area contributed by atoms with Gasteiger partial charge in [-0.1, -0.05) is 38.1 Å². The Labute approximate surface area is 132 Å². The highest BCUT2D eigenvalue weighted by Gasteiger charge is 2.34. The van der Waals surface area contributed by atoms with Crippen molar-refractivity contribution in [3.05, 3.63) is 65.0 Å². The summed E-state index contributed by atoms with van der Waals surface area (Å²) in [5, 5.41) is 0. The first-order valence-corrected chi connectivity index (χ1v) is 7.45. The van der Waals surface area contributed by atoms with E-state index in [-0.39, 0.29) is 5.82 Å². The maximum absolute atomic E-state index is 13.5. The molecular formula is C19H16F4. The summed E-state index contributed by atoms with van der Waals surface area (Å²) in [6.45, 7) is 3.84. The van der Waals surface area contributed by atoms with Crippen molar-refractivity contribution in [1.82, 2.24) is 0 Å². The third-order valence-corrected chi connectivity index (χ3v) is 4.63. The summed E-state index contributed by atoms with van der Waals surface area (Å²) in [6.07, 6.45) is -0.0634. The molecule has 0 bridgehead atoms. The zero-order valence-electron chi connectivity index (χ0n) is 12.8. The Bertz CT molecular complexity index is 786. The molecule has 0 aromatic heterocycles. The van der Waals surface area contributed by atoms with Crippen molar-refractivity contribution in [2.45, 2.75) is 31.9 Å². The van der Waals surface area contributed by atoms with Crippen LogP contribution in [-0.4, -0.2) is 0 Å². The average Bonchev–Trinajstić information content (AvgIpc) is 2.62. The van der Waals surface area contributed by atoms with Gasteiger partial charge in [0.2, 0.25) is 0 Å². The normalized spacial score (nSPS) is 19.9. The summed E-state index contributed by atoms with van der Waals surface area (Å²) < 4.78 is 52.8. The van der Waals surface area contributed by atoms with E-state index in [4.69, 9.17) is 0 Å². The molecule has 23 heavy (non-hydrogen) atoms. The molecular weight excluding hydrogens is 304 g/mol. The molecule has 0 N–H and O–H groups in total. The zero-order chi connectivity index (χ0) is 16.8. The average molecular weight is 320 g/mol. The Morgan fingerprint density at radius 1 is 1.00 bits per heavy atom. The van der Waals surface area contributed by atoms with Gasteiger partial charge in [0.15, 0.2) is 0 Å². The van der Waals surface area contributed by atoms with E-state index in [1.165, 1.54) is 24.3 Å². The topological polar surface area (TPSA) is 0 Å². The number of benzene rings is 2. The maximum atomic E-state index is 13.5. The number of hydrogen-bond acceptors (Lipinski definition) is 0. The predicted molar refractivity (Wildman–Crippen MR) is 83.5 cm³/mol. The summed E-state index contributed by atoms with van der Waals surface area (Å²) >= 11 is 0. The molecule has 0 heterocycles. The third kappa shape index (κ3) is 2.67. The lowest BCUT2D eigenvalue weighted by Gasteiger charge is -2.27. The highest BCUT2D eigenvalue weighted by atomic mass is 19.4. The van der Waals surface area contributed by atoms with Crippen molar-refractivity contribution in [3.63, 3.8) is 0 Å². The van der Waals surface area contributed by atoms with Crippen molar-refractivity contribution >= 4 is 6.08 Å². The fourth-order valence-electron chi connectivity index (χ4n) is 3.02. The molecule has 2 aromatic rings. The first kappa shape index (κ1) is 15.8. The summed E-state index contributed by atoms with van der Waals surface area (Å²) in [4.78, 5) is 0. The molecule has 1 atom stereocenters. The molecule has 0 aliphatic heterocycles. The van der Waals surface area contributed by atoms with Gasteiger partial charge >= 0.3 is 6.18 Å². The van der Waals surface area contributed by atoms with Crippen LogP contribution in [0.2, 0.25) is 0 Å². The number of alkyl halides is 3. The van der Waals surface area contributed by atoms with Crippen molar-refractivity contribution in [2.24, 2.45) is 0 Å². The second kappa shape index (κ2) is 5.22. The third-order valence-electron chi connectivity index (χ3n) is 4.63. The number of rotatable bonds is 1. The fraction of sp³-hybridized carbons (Fsp3) is 0.263. The minimum atomic E-state index is -4.38. The van der Waals surface area contributed by atoms with Crippen LogP contribution < -0.4 is 0 Å². The number of allylic oxidation sites excluding steroid dienone is 1. The van der Waals surface area contributed by atoms with Gasteiger partial charge < -0.3 is 0 Å². The second-order valence-electron chi connectivity index (χ2n) is 6.09. The van der Waals surface area contributed by atoms with Gasteiger partial charge in [0.05, 0.1) is 5.56 Å². The van der Waals surface area contributed by atoms with E-state index in [2.05, 4.69) is 0 Å². The van der Waals surface area contributed by atoms with Gasteiger partial charge in [0.1, 0.15) is 5.82 Å². The Balaban J connectivity index is 2.32. The highest BCUT2D eigenvalue weighted by Crippen LogP contribution is 2.44. The Kier molecular flexibility index (Phi) is 3.58. The summed E-state index contributed by atoms with van der Waals surface area (Å²) in [5.74, 6) is -0.359. The monoisotopic (exact) mass is 320 g/mol. The van der Waals surface area contributed by atoms with Crippen molar-refractivity contribution in [1.29, 1.82) is 0 Å². The zero-order valence-corrected chi connectivity index (χ0v) is 12.8. The van der Waals surface area contributed by atoms with E-state index in [1.807, 2.05) is 19.9 Å². The Morgan fingerprint density at radius 2 is 1.70 bits per heavy atom. The SMILES string of the molecule is CCC1(C)C=Cc2cc(F)ccc2-c2ccc(C(F)(F)F)cc21. The highest BCUT2D eigenvalue weighted by molar-refractivity contribution is 5.81. The Morgan fingerprint density at radius 3 is 2.35 bits per heavy atom. The standard InChI is InChI=1S/C19H16F4/c1-3-18(2)9-8-12-10-14(20)5-7-15(12)16-6-4-13(11-17(16)18)19(21,22)23/h4-11H,3H2,1-2H3. The molecule has 0 amide bonds. The van der Waals surface area contributed by atoms with Crippen molar-refractivity contribution in [2.75, 3.05) is 0 Å². The van der Waals surface area contributed by atoms with Gasteiger partial charge in [-0.2, -0.15) is 13.2 Å². The lowest BCUT2D eigenvalue weighted by molar-refractivity contribution is -0.137. The van der Waals surface area contributed by atoms with Crippen molar-refractivity contribution in [3.8, 4) is 11.1 Å². The Hall–Kier alpha value is -2.10. The number of hydrogen-bond donors (Lipinski definition) is 0. The second-order valence-corrected chi connectivity index (χ2v) is 6.09. The fourth-order valence-corrected chi connectivity index (χ4v) is 3.02. The van der Waals surface area contributed by atoms with Gasteiger partial charge in [-0.05, 0) is 52.9 Å². The smallest absolute Gasteiger partial charge is 0.207 e. The van der Waals surface area contributed by atoms with Gasteiger partial charge in [-0.25, -0.2) is 4.39 Å². The summed E-state index contributed by atoms with van der Waals surface area (Å²) in [7, 11) is 0. The van der Waals surface area contributed by atoms with E-state index in [1.54, 1.807) is 12.1 Å². The molecule has 4 heteroatoms. The largest absolute Gasteiger partial charge is 0.416 e. The molecule has 1 unspecified atom stereocenters. The van der Waals surface area contributed by atoms with Crippen LogP contribution >= 0.6 is 0 Å². The molecule has 0 radical (unpaired) electrons. The molecule has 0 fully saturated rings. The van der Waals surface area contributed by atoms with E-state index in [0.29, 0.717) is 17.5 Å². The molecule has 1 aliphatic carbocycles. The number of halogens is 4. The van der Waals surface area contributed by atoms with Crippen LogP contribution in [0.5, 0.6) is 0 Å².